The summed E-state index contributed by atoms with van der Waals surface area (Å²) in [4.78, 5) is 21.2. The third kappa shape index (κ3) is 7.18. The van der Waals surface area contributed by atoms with Crippen molar-refractivity contribution < 1.29 is 5.21 Å². The summed E-state index contributed by atoms with van der Waals surface area (Å²) in [6.07, 6.45) is 17.5. The Bertz CT molecular complexity index is 869. The zero-order chi connectivity index (χ0) is 22.1. The fourth-order valence-corrected chi connectivity index (χ4v) is 4.84. The number of hydrogen-bond donors (Lipinski definition) is 3. The van der Waals surface area contributed by atoms with E-state index >= 15 is 0 Å². The first-order valence-corrected chi connectivity index (χ1v) is 12.4. The molecule has 10 heteroatoms. The number of aliphatic imine (C=N–C) groups is 1. The van der Waals surface area contributed by atoms with Gasteiger partial charge in [0.1, 0.15) is 10.9 Å². The normalized spacial score (nSPS) is 17.9. The summed E-state index contributed by atoms with van der Waals surface area (Å²) in [5.41, 5.74) is 9.56. The molecule has 2 fully saturated rings. The summed E-state index contributed by atoms with van der Waals surface area (Å²) in [7, 11) is 0. The van der Waals surface area contributed by atoms with E-state index in [1.165, 1.54) is 64.2 Å². The molecule has 4 rings (SSSR count). The van der Waals surface area contributed by atoms with E-state index in [2.05, 4.69) is 56.8 Å². The minimum Gasteiger partial charge on any atom is -0.381 e. The number of rotatable bonds is 4. The molecule has 2 aliphatic carbocycles. The number of anilines is 1. The molecular formula is C21H29Br2N7O. The zero-order valence-corrected chi connectivity index (χ0v) is 20.6. The van der Waals surface area contributed by atoms with Crippen LogP contribution in [0.3, 0.4) is 0 Å². The molecule has 2 aromatic heterocycles. The highest BCUT2D eigenvalue weighted by Crippen LogP contribution is 2.33. The lowest BCUT2D eigenvalue weighted by Gasteiger charge is -2.20. The van der Waals surface area contributed by atoms with Crippen molar-refractivity contribution in [2.24, 2.45) is 4.99 Å². The van der Waals surface area contributed by atoms with E-state index in [0.29, 0.717) is 32.7 Å². The standard InChI is InChI=1S/C11H15BrN4O.C10H14BrN3/c12-10-11(14-7-15-17)13-6-9(16-10)8-4-2-1-3-5-8;11-9-10(12)13-6-8(14-9)7-4-2-1-3-5-7/h6-8,17H,1-5H2,(H,13,14,15);6-7H,1-5H2,(H2,12,13). The van der Waals surface area contributed by atoms with Crippen LogP contribution in [0.1, 0.15) is 87.4 Å². The van der Waals surface area contributed by atoms with Gasteiger partial charge in [-0.2, -0.15) is 0 Å². The molecule has 0 saturated heterocycles. The average molecular weight is 555 g/mol. The Kier molecular flexibility index (Phi) is 9.60. The number of halogens is 2. The van der Waals surface area contributed by atoms with Crippen LogP contribution >= 0.6 is 31.9 Å². The summed E-state index contributed by atoms with van der Waals surface area (Å²) < 4.78 is 1.30. The Morgan fingerprint density at radius 2 is 1.39 bits per heavy atom. The van der Waals surface area contributed by atoms with Gasteiger partial charge in [0.15, 0.2) is 16.2 Å². The maximum atomic E-state index is 8.41. The molecule has 0 spiro atoms. The van der Waals surface area contributed by atoms with Crippen molar-refractivity contribution in [1.29, 1.82) is 0 Å². The van der Waals surface area contributed by atoms with E-state index in [1.807, 2.05) is 11.7 Å². The zero-order valence-electron chi connectivity index (χ0n) is 17.5. The molecule has 8 nitrogen and oxygen atoms in total. The third-order valence-corrected chi connectivity index (χ3v) is 6.91. The van der Waals surface area contributed by atoms with Gasteiger partial charge < -0.3 is 5.73 Å². The second-order valence-electron chi connectivity index (χ2n) is 7.94. The quantitative estimate of drug-likeness (QED) is 0.248. The van der Waals surface area contributed by atoms with E-state index < -0.39 is 0 Å². The van der Waals surface area contributed by atoms with Gasteiger partial charge in [-0.15, -0.1) is 0 Å². The molecule has 31 heavy (non-hydrogen) atoms. The van der Waals surface area contributed by atoms with Crippen molar-refractivity contribution in [3.05, 3.63) is 33.0 Å². The molecule has 2 aliphatic rings. The smallest absolute Gasteiger partial charge is 0.186 e. The molecule has 2 aromatic rings. The van der Waals surface area contributed by atoms with Crippen LogP contribution in [0, 0.1) is 0 Å². The van der Waals surface area contributed by atoms with Gasteiger partial charge in [0.25, 0.3) is 0 Å². The first-order valence-electron chi connectivity index (χ1n) is 10.8. The predicted molar refractivity (Wildman–Crippen MR) is 129 cm³/mol. The SMILES string of the molecule is Nc1ncc(C2CCCCC2)nc1Br.ONC=Nc1ncc(C2CCCCC2)nc1Br. The highest BCUT2D eigenvalue weighted by Gasteiger charge is 2.19. The fourth-order valence-electron chi connectivity index (χ4n) is 4.13. The van der Waals surface area contributed by atoms with Gasteiger partial charge in [-0.25, -0.2) is 24.9 Å². The van der Waals surface area contributed by atoms with Gasteiger partial charge in [0.2, 0.25) is 0 Å². The Balaban J connectivity index is 0.000000179. The van der Waals surface area contributed by atoms with Gasteiger partial charge >= 0.3 is 0 Å². The second kappa shape index (κ2) is 12.4. The summed E-state index contributed by atoms with van der Waals surface area (Å²) in [6, 6.07) is 0. The monoisotopic (exact) mass is 553 g/mol. The van der Waals surface area contributed by atoms with Crippen molar-refractivity contribution in [3.8, 4) is 0 Å². The highest BCUT2D eigenvalue weighted by atomic mass is 79.9. The van der Waals surface area contributed by atoms with E-state index in [0.717, 1.165) is 17.7 Å². The number of hydrogen-bond acceptors (Lipinski definition) is 7. The molecule has 0 bridgehead atoms. The van der Waals surface area contributed by atoms with Crippen molar-refractivity contribution in [1.82, 2.24) is 25.4 Å². The van der Waals surface area contributed by atoms with Gasteiger partial charge in [0, 0.05) is 11.8 Å². The Hall–Kier alpha value is -1.65. The molecule has 2 heterocycles. The number of nitrogens with two attached hydrogens (primary N) is 1. The minimum absolute atomic E-state index is 0.464. The molecule has 2 saturated carbocycles. The van der Waals surface area contributed by atoms with Gasteiger partial charge in [-0.1, -0.05) is 38.5 Å². The third-order valence-electron chi connectivity index (χ3n) is 5.80. The number of nitrogens with zero attached hydrogens (tertiary/aromatic N) is 5. The average Bonchev–Trinajstić information content (AvgIpc) is 2.81. The van der Waals surface area contributed by atoms with Crippen LogP contribution in [0.2, 0.25) is 0 Å². The van der Waals surface area contributed by atoms with E-state index in [9.17, 15) is 0 Å². The summed E-state index contributed by atoms with van der Waals surface area (Å²) in [5, 5.41) is 8.41. The van der Waals surface area contributed by atoms with E-state index in [-0.39, 0.29) is 0 Å². The van der Waals surface area contributed by atoms with Crippen LogP contribution in [-0.4, -0.2) is 31.5 Å². The largest absolute Gasteiger partial charge is 0.381 e. The molecule has 168 valence electrons. The summed E-state index contributed by atoms with van der Waals surface area (Å²) in [5.74, 6) is 2.06. The minimum atomic E-state index is 0.464. The van der Waals surface area contributed by atoms with Crippen LogP contribution in [-0.2, 0) is 0 Å². The van der Waals surface area contributed by atoms with Crippen molar-refractivity contribution in [3.63, 3.8) is 0 Å². The first-order chi connectivity index (χ1) is 15.1. The lowest BCUT2D eigenvalue weighted by Crippen LogP contribution is -2.08. The lowest BCUT2D eigenvalue weighted by molar-refractivity contribution is 0.240. The molecule has 0 atom stereocenters. The van der Waals surface area contributed by atoms with Crippen LogP contribution in [0.4, 0.5) is 11.6 Å². The number of nitrogens with one attached hydrogen (secondary N) is 1. The van der Waals surface area contributed by atoms with E-state index in [4.69, 9.17) is 10.9 Å². The van der Waals surface area contributed by atoms with Crippen LogP contribution in [0.25, 0.3) is 0 Å². The van der Waals surface area contributed by atoms with Gasteiger partial charge in [-0.3, -0.25) is 10.7 Å². The second-order valence-corrected chi connectivity index (χ2v) is 9.44. The Morgan fingerprint density at radius 1 is 0.871 bits per heavy atom. The van der Waals surface area contributed by atoms with Crippen molar-refractivity contribution >= 4 is 49.8 Å². The number of aromatic nitrogens is 4. The number of nitrogen functional groups attached to an aromatic ring is 1. The molecule has 0 aliphatic heterocycles. The molecule has 0 amide bonds. The predicted octanol–water partition coefficient (Wildman–Crippen LogP) is 5.79. The first kappa shape index (κ1) is 24.0. The van der Waals surface area contributed by atoms with Gasteiger partial charge in [0.05, 0.1) is 23.8 Å². The highest BCUT2D eigenvalue weighted by molar-refractivity contribution is 9.10. The van der Waals surface area contributed by atoms with Gasteiger partial charge in [-0.05, 0) is 57.5 Å². The Morgan fingerprint density at radius 3 is 1.87 bits per heavy atom. The van der Waals surface area contributed by atoms with Crippen LogP contribution in [0.15, 0.2) is 26.6 Å². The summed E-state index contributed by atoms with van der Waals surface area (Å²) >= 11 is 6.66. The molecule has 4 N–H and O–H groups in total. The summed E-state index contributed by atoms with van der Waals surface area (Å²) in [6.45, 7) is 0. The van der Waals surface area contributed by atoms with Crippen molar-refractivity contribution in [2.45, 2.75) is 76.0 Å². The van der Waals surface area contributed by atoms with E-state index in [1.54, 1.807) is 6.20 Å². The Labute approximate surface area is 199 Å². The molecular weight excluding hydrogens is 526 g/mol. The number of hydroxylamine groups is 1. The van der Waals surface area contributed by atoms with Crippen LogP contribution < -0.4 is 11.2 Å². The fraction of sp³-hybridized carbons (Fsp3) is 0.571. The topological polar surface area (TPSA) is 122 Å². The maximum absolute atomic E-state index is 8.41. The molecule has 0 aromatic carbocycles. The molecule has 0 unspecified atom stereocenters. The van der Waals surface area contributed by atoms with Crippen molar-refractivity contribution in [2.75, 3.05) is 5.73 Å². The lowest BCUT2D eigenvalue weighted by atomic mass is 9.87. The van der Waals surface area contributed by atoms with Crippen LogP contribution in [0.5, 0.6) is 0 Å². The molecule has 0 radical (unpaired) electrons. The maximum Gasteiger partial charge on any atom is 0.186 e.